The summed E-state index contributed by atoms with van der Waals surface area (Å²) >= 11 is 1.55. The van der Waals surface area contributed by atoms with Gasteiger partial charge in [0.2, 0.25) is 0 Å². The molecule has 2 N–H and O–H groups in total. The molecule has 0 bridgehead atoms. The van der Waals surface area contributed by atoms with Crippen LogP contribution < -0.4 is 10.6 Å². The van der Waals surface area contributed by atoms with Crippen molar-refractivity contribution in [2.24, 2.45) is 7.05 Å². The van der Waals surface area contributed by atoms with Crippen LogP contribution in [0.25, 0.3) is 0 Å². The first-order chi connectivity index (χ1) is 9.22. The minimum absolute atomic E-state index is 0.216. The van der Waals surface area contributed by atoms with Crippen molar-refractivity contribution in [3.8, 4) is 0 Å². The molecule has 0 unspecified atom stereocenters. The van der Waals surface area contributed by atoms with E-state index in [-0.39, 0.29) is 6.03 Å². The van der Waals surface area contributed by atoms with Crippen LogP contribution >= 0.6 is 11.3 Å². The van der Waals surface area contributed by atoms with Crippen molar-refractivity contribution in [3.63, 3.8) is 0 Å². The molecule has 1 aliphatic carbocycles. The fourth-order valence-corrected chi connectivity index (χ4v) is 2.79. The summed E-state index contributed by atoms with van der Waals surface area (Å²) in [6.45, 7) is 0. The fraction of sp³-hybridized carbons (Fsp3) is 0.385. The topological polar surface area (TPSA) is 59.0 Å². The van der Waals surface area contributed by atoms with Crippen LogP contribution in [0.15, 0.2) is 23.0 Å². The van der Waals surface area contributed by atoms with Gasteiger partial charge in [0.25, 0.3) is 0 Å². The van der Waals surface area contributed by atoms with Gasteiger partial charge in [-0.2, -0.15) is 16.4 Å². The smallest absolute Gasteiger partial charge is 0.307 e. The summed E-state index contributed by atoms with van der Waals surface area (Å²) in [4.78, 5) is 11.9. The van der Waals surface area contributed by atoms with Crippen LogP contribution in [0.3, 0.4) is 0 Å². The van der Waals surface area contributed by atoms with Gasteiger partial charge in [-0.15, -0.1) is 0 Å². The van der Waals surface area contributed by atoms with Gasteiger partial charge in [-0.05, 0) is 24.3 Å². The van der Waals surface area contributed by atoms with Crippen molar-refractivity contribution in [2.75, 3.05) is 10.6 Å². The molecule has 0 atom stereocenters. The molecular weight excluding hydrogens is 260 g/mol. The number of nitrogens with zero attached hydrogens (tertiary/aromatic N) is 2. The molecule has 2 amide bonds. The molecule has 6 heteroatoms. The molecular formula is C13H16N4OS. The van der Waals surface area contributed by atoms with Crippen LogP contribution in [0.5, 0.6) is 0 Å². The van der Waals surface area contributed by atoms with Crippen LogP contribution in [0.1, 0.15) is 30.9 Å². The largest absolute Gasteiger partial charge is 0.323 e. The first-order valence-corrected chi connectivity index (χ1v) is 7.30. The van der Waals surface area contributed by atoms with Crippen LogP contribution in [0.2, 0.25) is 0 Å². The van der Waals surface area contributed by atoms with Crippen molar-refractivity contribution in [2.45, 2.75) is 25.2 Å². The molecule has 0 saturated heterocycles. The van der Waals surface area contributed by atoms with Gasteiger partial charge >= 0.3 is 6.03 Å². The summed E-state index contributed by atoms with van der Waals surface area (Å²) in [5.41, 5.74) is 2.64. The van der Waals surface area contributed by atoms with E-state index in [4.69, 9.17) is 0 Å². The second kappa shape index (κ2) is 5.05. The van der Waals surface area contributed by atoms with Gasteiger partial charge in [-0.25, -0.2) is 4.79 Å². The van der Waals surface area contributed by atoms with Crippen molar-refractivity contribution < 1.29 is 4.79 Å². The summed E-state index contributed by atoms with van der Waals surface area (Å²) in [5, 5.41) is 14.0. The van der Waals surface area contributed by atoms with E-state index in [2.05, 4.69) is 15.7 Å². The fourth-order valence-electron chi connectivity index (χ4n) is 2.21. The lowest BCUT2D eigenvalue weighted by atomic mass is 9.82. The zero-order chi connectivity index (χ0) is 13.2. The zero-order valence-corrected chi connectivity index (χ0v) is 11.5. The molecule has 0 aromatic carbocycles. The number of carbonyl (C=O) groups is 1. The second-order valence-corrected chi connectivity index (χ2v) is 5.60. The molecule has 100 valence electrons. The Kier molecular flexibility index (Phi) is 3.25. The number of rotatable bonds is 3. The SMILES string of the molecule is Cn1cc(NC(=O)Nc2ccsc2)c(C2CCC2)n1. The third-order valence-corrected chi connectivity index (χ3v) is 4.06. The summed E-state index contributed by atoms with van der Waals surface area (Å²) < 4.78 is 1.76. The van der Waals surface area contributed by atoms with Gasteiger partial charge in [0.05, 0.1) is 17.1 Å². The van der Waals surface area contributed by atoms with Gasteiger partial charge in [-0.1, -0.05) is 6.42 Å². The quantitative estimate of drug-likeness (QED) is 0.902. The third-order valence-electron chi connectivity index (χ3n) is 3.38. The molecule has 1 saturated carbocycles. The molecule has 0 aliphatic heterocycles. The monoisotopic (exact) mass is 276 g/mol. The maximum atomic E-state index is 11.9. The lowest BCUT2D eigenvalue weighted by molar-refractivity contribution is 0.262. The number of aromatic nitrogens is 2. The summed E-state index contributed by atoms with van der Waals surface area (Å²) in [6, 6.07) is 1.66. The van der Waals surface area contributed by atoms with Crippen LogP contribution in [0.4, 0.5) is 16.2 Å². The maximum absolute atomic E-state index is 11.9. The predicted molar refractivity (Wildman–Crippen MR) is 76.8 cm³/mol. The lowest BCUT2D eigenvalue weighted by Crippen LogP contribution is -2.20. The van der Waals surface area contributed by atoms with Crippen LogP contribution in [-0.4, -0.2) is 15.8 Å². The molecule has 3 rings (SSSR count). The molecule has 0 spiro atoms. The van der Waals surface area contributed by atoms with E-state index in [0.29, 0.717) is 5.92 Å². The van der Waals surface area contributed by atoms with Crippen molar-refractivity contribution >= 4 is 28.7 Å². The van der Waals surface area contributed by atoms with Crippen LogP contribution in [-0.2, 0) is 7.05 Å². The molecule has 5 nitrogen and oxygen atoms in total. The minimum atomic E-state index is -0.216. The highest BCUT2D eigenvalue weighted by Gasteiger charge is 2.25. The first-order valence-electron chi connectivity index (χ1n) is 6.36. The van der Waals surface area contributed by atoms with Gasteiger partial charge in [0.1, 0.15) is 0 Å². The van der Waals surface area contributed by atoms with E-state index in [1.165, 1.54) is 6.42 Å². The average molecular weight is 276 g/mol. The number of amides is 2. The zero-order valence-electron chi connectivity index (χ0n) is 10.7. The van der Waals surface area contributed by atoms with Crippen molar-refractivity contribution in [1.29, 1.82) is 0 Å². The molecule has 0 radical (unpaired) electrons. The second-order valence-electron chi connectivity index (χ2n) is 4.82. The number of hydrogen-bond donors (Lipinski definition) is 2. The number of carbonyl (C=O) groups excluding carboxylic acids is 1. The van der Waals surface area contributed by atoms with E-state index >= 15 is 0 Å². The molecule has 2 aromatic heterocycles. The Morgan fingerprint density at radius 3 is 2.95 bits per heavy atom. The third kappa shape index (κ3) is 2.63. The molecule has 1 fully saturated rings. The van der Waals surface area contributed by atoms with E-state index in [1.54, 1.807) is 16.0 Å². The Labute approximate surface area is 115 Å². The minimum Gasteiger partial charge on any atom is -0.307 e. The molecule has 19 heavy (non-hydrogen) atoms. The molecule has 2 aromatic rings. The van der Waals surface area contributed by atoms with E-state index in [1.807, 2.05) is 30.1 Å². The predicted octanol–water partition coefficient (Wildman–Crippen LogP) is 3.39. The number of hydrogen-bond acceptors (Lipinski definition) is 3. The highest BCUT2D eigenvalue weighted by Crippen LogP contribution is 2.38. The van der Waals surface area contributed by atoms with Gasteiger partial charge in [0.15, 0.2) is 0 Å². The summed E-state index contributed by atoms with van der Waals surface area (Å²) in [5.74, 6) is 0.498. The Balaban J connectivity index is 1.70. The standard InChI is InChI=1S/C13H16N4OS/c1-17-7-11(12(16-17)9-3-2-4-9)15-13(18)14-10-5-6-19-8-10/h5-9H,2-4H2,1H3,(H2,14,15,18). The normalized spacial score (nSPS) is 15.0. The average Bonchev–Trinajstić information content (AvgIpc) is 2.87. The molecule has 1 aliphatic rings. The maximum Gasteiger partial charge on any atom is 0.323 e. The van der Waals surface area contributed by atoms with Gasteiger partial charge < -0.3 is 10.6 Å². The number of nitrogens with one attached hydrogen (secondary N) is 2. The van der Waals surface area contributed by atoms with E-state index < -0.39 is 0 Å². The Morgan fingerprint density at radius 1 is 1.47 bits per heavy atom. The number of anilines is 2. The van der Waals surface area contributed by atoms with Crippen molar-refractivity contribution in [1.82, 2.24) is 9.78 Å². The van der Waals surface area contributed by atoms with Gasteiger partial charge in [0, 0.05) is 24.5 Å². The summed E-state index contributed by atoms with van der Waals surface area (Å²) in [7, 11) is 1.88. The Bertz CT molecular complexity index is 571. The van der Waals surface area contributed by atoms with E-state index in [9.17, 15) is 4.79 Å². The van der Waals surface area contributed by atoms with Gasteiger partial charge in [-0.3, -0.25) is 4.68 Å². The number of aryl methyl sites for hydroxylation is 1. The van der Waals surface area contributed by atoms with Crippen LogP contribution in [0, 0.1) is 0 Å². The first kappa shape index (κ1) is 12.2. The Morgan fingerprint density at radius 2 is 2.32 bits per heavy atom. The highest BCUT2D eigenvalue weighted by molar-refractivity contribution is 7.08. The summed E-state index contributed by atoms with van der Waals surface area (Å²) in [6.07, 6.45) is 5.44. The Hall–Kier alpha value is -1.82. The highest BCUT2D eigenvalue weighted by atomic mass is 32.1. The van der Waals surface area contributed by atoms with E-state index in [0.717, 1.165) is 29.9 Å². The number of urea groups is 1. The lowest BCUT2D eigenvalue weighted by Gasteiger charge is -2.24. The van der Waals surface area contributed by atoms with Crippen molar-refractivity contribution in [3.05, 3.63) is 28.7 Å². The molecule has 2 heterocycles. The number of thiophene rings is 1.